The fourth-order valence-electron chi connectivity index (χ4n) is 9.29. The van der Waals surface area contributed by atoms with Crippen LogP contribution in [0.2, 0.25) is 0 Å². The molecule has 0 N–H and O–H groups in total. The molecule has 12 rings (SSSR count). The molecule has 4 aromatic heterocycles. The summed E-state index contributed by atoms with van der Waals surface area (Å²) in [5, 5.41) is 8.79. The van der Waals surface area contributed by atoms with E-state index in [1.807, 2.05) is 0 Å². The Balaban J connectivity index is 1.15. The van der Waals surface area contributed by atoms with Gasteiger partial charge in [0.1, 0.15) is 5.65 Å². The van der Waals surface area contributed by atoms with E-state index in [1.54, 1.807) is 0 Å². The van der Waals surface area contributed by atoms with Gasteiger partial charge < -0.3 is 4.57 Å². The quantitative estimate of drug-likeness (QED) is 0.162. The van der Waals surface area contributed by atoms with Gasteiger partial charge >= 0.3 is 0 Å². The Kier molecular flexibility index (Phi) is 6.34. The zero-order valence-corrected chi connectivity index (χ0v) is 29.9. The lowest BCUT2D eigenvalue weighted by atomic mass is 9.96. The SMILES string of the molecule is c1ccc(-c2c3c4ccccc4n(-c4ccccc4)c3n3c4ccc(-c5ccc(-n6c7ccccc7c7ccccc76)cc5)cc4c4ccccc4c23)cc1. The van der Waals surface area contributed by atoms with Crippen LogP contribution in [-0.4, -0.2) is 13.5 Å². The Morgan fingerprint density at radius 1 is 0.291 bits per heavy atom. The summed E-state index contributed by atoms with van der Waals surface area (Å²) in [7, 11) is 0. The Morgan fingerprint density at radius 3 is 1.47 bits per heavy atom. The molecule has 3 heteroatoms. The molecule has 0 bridgehead atoms. The molecular weight excluding hydrogens is 667 g/mol. The van der Waals surface area contributed by atoms with Crippen LogP contribution in [0.15, 0.2) is 200 Å². The highest BCUT2D eigenvalue weighted by Gasteiger charge is 2.26. The van der Waals surface area contributed by atoms with Crippen LogP contribution in [0.25, 0.3) is 105 Å². The van der Waals surface area contributed by atoms with Gasteiger partial charge in [0.25, 0.3) is 0 Å². The van der Waals surface area contributed by atoms with Crippen LogP contribution in [-0.2, 0) is 0 Å². The molecule has 0 aliphatic heterocycles. The van der Waals surface area contributed by atoms with Gasteiger partial charge in [-0.3, -0.25) is 8.97 Å². The first-order valence-electron chi connectivity index (χ1n) is 19.0. The minimum absolute atomic E-state index is 1.15. The van der Waals surface area contributed by atoms with Crippen LogP contribution >= 0.6 is 0 Å². The normalized spacial score (nSPS) is 12.0. The van der Waals surface area contributed by atoms with E-state index in [0.29, 0.717) is 0 Å². The van der Waals surface area contributed by atoms with Crippen molar-refractivity contribution in [2.75, 3.05) is 0 Å². The molecule has 0 fully saturated rings. The molecule has 0 saturated carbocycles. The number of pyridine rings is 1. The molecular formula is C52H33N3. The first kappa shape index (κ1) is 30.1. The molecule has 4 heterocycles. The van der Waals surface area contributed by atoms with Crippen LogP contribution < -0.4 is 0 Å². The van der Waals surface area contributed by atoms with Crippen molar-refractivity contribution >= 4 is 70.9 Å². The van der Waals surface area contributed by atoms with Crippen LogP contribution in [0.5, 0.6) is 0 Å². The van der Waals surface area contributed by atoms with Crippen LogP contribution in [0, 0.1) is 0 Å². The highest BCUT2D eigenvalue weighted by molar-refractivity contribution is 6.27. The number of para-hydroxylation sites is 4. The summed E-state index contributed by atoms with van der Waals surface area (Å²) in [4.78, 5) is 0. The lowest BCUT2D eigenvalue weighted by Gasteiger charge is -2.15. The molecule has 0 atom stereocenters. The van der Waals surface area contributed by atoms with Gasteiger partial charge in [-0.05, 0) is 76.7 Å². The summed E-state index contributed by atoms with van der Waals surface area (Å²) >= 11 is 0. The molecule has 256 valence electrons. The Morgan fingerprint density at radius 2 is 0.800 bits per heavy atom. The molecule has 55 heavy (non-hydrogen) atoms. The van der Waals surface area contributed by atoms with Gasteiger partial charge in [-0.2, -0.15) is 0 Å². The van der Waals surface area contributed by atoms with Gasteiger partial charge in [-0.25, -0.2) is 0 Å². The second kappa shape index (κ2) is 11.6. The third-order valence-corrected chi connectivity index (χ3v) is 11.6. The van der Waals surface area contributed by atoms with Crippen molar-refractivity contribution in [3.8, 4) is 33.6 Å². The second-order valence-electron chi connectivity index (χ2n) is 14.5. The number of aromatic nitrogens is 3. The van der Waals surface area contributed by atoms with Crippen molar-refractivity contribution in [1.29, 1.82) is 0 Å². The van der Waals surface area contributed by atoms with Crippen LogP contribution in [0.3, 0.4) is 0 Å². The molecule has 0 radical (unpaired) electrons. The largest absolute Gasteiger partial charge is 0.309 e. The average Bonchev–Trinajstić information content (AvgIpc) is 3.90. The van der Waals surface area contributed by atoms with Crippen LogP contribution in [0.4, 0.5) is 0 Å². The van der Waals surface area contributed by atoms with E-state index in [9.17, 15) is 0 Å². The molecule has 0 saturated heterocycles. The summed E-state index contributed by atoms with van der Waals surface area (Å²) in [6.07, 6.45) is 0. The smallest absolute Gasteiger partial charge is 0.131 e. The van der Waals surface area contributed by atoms with Gasteiger partial charge in [0.05, 0.1) is 27.6 Å². The van der Waals surface area contributed by atoms with E-state index in [-0.39, 0.29) is 0 Å². The molecule has 8 aromatic carbocycles. The second-order valence-corrected chi connectivity index (χ2v) is 14.5. The summed E-state index contributed by atoms with van der Waals surface area (Å²) < 4.78 is 7.38. The number of benzene rings is 8. The highest BCUT2D eigenvalue weighted by atomic mass is 15.1. The minimum Gasteiger partial charge on any atom is -0.309 e. The first-order valence-corrected chi connectivity index (χ1v) is 19.0. The van der Waals surface area contributed by atoms with Crippen molar-refractivity contribution in [3.05, 3.63) is 200 Å². The van der Waals surface area contributed by atoms with E-state index < -0.39 is 0 Å². The molecule has 12 aromatic rings. The summed E-state index contributed by atoms with van der Waals surface area (Å²) in [6.45, 7) is 0. The Labute approximate surface area is 317 Å². The van der Waals surface area contributed by atoms with E-state index >= 15 is 0 Å². The maximum absolute atomic E-state index is 2.54. The van der Waals surface area contributed by atoms with E-state index in [2.05, 4.69) is 214 Å². The summed E-state index contributed by atoms with van der Waals surface area (Å²) in [5.74, 6) is 0. The van der Waals surface area contributed by atoms with Crippen molar-refractivity contribution in [2.45, 2.75) is 0 Å². The van der Waals surface area contributed by atoms with Crippen molar-refractivity contribution in [1.82, 2.24) is 13.5 Å². The maximum atomic E-state index is 2.54. The Hall–Kier alpha value is -7.36. The fraction of sp³-hybridized carbons (Fsp3) is 0. The third-order valence-electron chi connectivity index (χ3n) is 11.6. The molecule has 0 amide bonds. The maximum Gasteiger partial charge on any atom is 0.131 e. The van der Waals surface area contributed by atoms with Crippen molar-refractivity contribution in [2.24, 2.45) is 0 Å². The van der Waals surface area contributed by atoms with Gasteiger partial charge in [0.15, 0.2) is 0 Å². The zero-order chi connectivity index (χ0) is 36.0. The molecule has 0 aliphatic carbocycles. The van der Waals surface area contributed by atoms with Gasteiger partial charge in [-0.15, -0.1) is 0 Å². The molecule has 0 unspecified atom stereocenters. The van der Waals surface area contributed by atoms with Gasteiger partial charge in [-0.1, -0.05) is 146 Å². The standard InChI is InChI=1S/C52H33N3/c1-3-15-35(16-4-1)49-50-43-23-11-14-26-47(43)54(37-17-5-2-6-18-37)52(50)55-48-32-29-36(33-44(48)39-19-7-8-22-42(39)51(49)55)34-27-30-38(31-28-34)53-45-24-12-9-20-40(45)41-21-10-13-25-46(41)53/h1-33H. The van der Waals surface area contributed by atoms with E-state index in [4.69, 9.17) is 0 Å². The van der Waals surface area contributed by atoms with Crippen molar-refractivity contribution in [3.63, 3.8) is 0 Å². The number of rotatable bonds is 4. The van der Waals surface area contributed by atoms with E-state index in [0.717, 1.165) is 11.4 Å². The van der Waals surface area contributed by atoms with Gasteiger partial charge in [0, 0.05) is 49.3 Å². The Bertz CT molecular complexity index is 3400. The van der Waals surface area contributed by atoms with Crippen molar-refractivity contribution < 1.29 is 0 Å². The summed E-state index contributed by atoms with van der Waals surface area (Å²) in [6, 6.07) is 73.1. The topological polar surface area (TPSA) is 14.3 Å². The highest BCUT2D eigenvalue weighted by Crippen LogP contribution is 2.47. The summed E-state index contributed by atoms with van der Waals surface area (Å²) in [5.41, 5.74) is 14.4. The number of nitrogens with zero attached hydrogens (tertiary/aromatic N) is 3. The average molecular weight is 700 g/mol. The lowest BCUT2D eigenvalue weighted by Crippen LogP contribution is -1.99. The first-order chi connectivity index (χ1) is 27.3. The zero-order valence-electron chi connectivity index (χ0n) is 29.9. The molecule has 3 nitrogen and oxygen atoms in total. The van der Waals surface area contributed by atoms with E-state index in [1.165, 1.54) is 93.2 Å². The minimum atomic E-state index is 1.15. The predicted octanol–water partition coefficient (Wildman–Crippen LogP) is 13.8. The number of fused-ring (bicyclic) bond motifs is 13. The third kappa shape index (κ3) is 4.26. The molecule has 0 aliphatic rings. The number of hydrogen-bond donors (Lipinski definition) is 0. The monoisotopic (exact) mass is 699 g/mol. The van der Waals surface area contributed by atoms with Crippen LogP contribution in [0.1, 0.15) is 0 Å². The number of hydrogen-bond acceptors (Lipinski definition) is 0. The predicted molar refractivity (Wildman–Crippen MR) is 232 cm³/mol. The van der Waals surface area contributed by atoms with Gasteiger partial charge in [0.2, 0.25) is 0 Å². The molecule has 0 spiro atoms. The fourth-order valence-corrected chi connectivity index (χ4v) is 9.29. The lowest BCUT2D eigenvalue weighted by molar-refractivity contribution is 1.12.